The summed E-state index contributed by atoms with van der Waals surface area (Å²) in [5, 5.41) is 6.28. The largest absolute Gasteiger partial charge is 0.375 e. The molecular formula is C18H24N4O3S. The van der Waals surface area contributed by atoms with Gasteiger partial charge in [0.05, 0.1) is 24.6 Å². The lowest BCUT2D eigenvalue weighted by atomic mass is 9.78. The minimum absolute atomic E-state index is 0.00139. The number of carbonyl (C=O) groups excluding carboxylic acids is 1. The molecule has 140 valence electrons. The smallest absolute Gasteiger partial charge is 0.246 e. The first-order chi connectivity index (χ1) is 12.7. The van der Waals surface area contributed by atoms with Crippen LogP contribution in [0.4, 0.5) is 5.82 Å². The third kappa shape index (κ3) is 3.28. The number of thiophene rings is 1. The van der Waals surface area contributed by atoms with E-state index in [9.17, 15) is 4.79 Å². The summed E-state index contributed by atoms with van der Waals surface area (Å²) in [4.78, 5) is 24.3. The second kappa shape index (κ2) is 7.46. The van der Waals surface area contributed by atoms with E-state index in [4.69, 9.17) is 9.47 Å². The molecule has 1 aliphatic carbocycles. The van der Waals surface area contributed by atoms with Gasteiger partial charge in [-0.05, 0) is 24.3 Å². The van der Waals surface area contributed by atoms with Crippen molar-refractivity contribution in [3.05, 3.63) is 17.8 Å². The van der Waals surface area contributed by atoms with Crippen LogP contribution in [0, 0.1) is 0 Å². The van der Waals surface area contributed by atoms with Gasteiger partial charge in [-0.15, -0.1) is 11.3 Å². The van der Waals surface area contributed by atoms with E-state index in [2.05, 4.69) is 26.3 Å². The number of nitrogens with zero attached hydrogens (tertiary/aromatic N) is 3. The van der Waals surface area contributed by atoms with Crippen LogP contribution in [0.15, 0.2) is 17.8 Å². The summed E-state index contributed by atoms with van der Waals surface area (Å²) in [6, 6.07) is 2.08. The molecule has 4 rings (SSSR count). The van der Waals surface area contributed by atoms with Crippen LogP contribution in [0.25, 0.3) is 10.2 Å². The number of rotatable bonds is 4. The van der Waals surface area contributed by atoms with Crippen LogP contribution in [0.1, 0.15) is 25.7 Å². The van der Waals surface area contributed by atoms with Crippen LogP contribution in [0.5, 0.6) is 0 Å². The van der Waals surface area contributed by atoms with Crippen LogP contribution in [-0.4, -0.2) is 60.9 Å². The predicted octanol–water partition coefficient (Wildman–Crippen LogP) is 1.97. The Morgan fingerprint density at radius 1 is 1.50 bits per heavy atom. The van der Waals surface area contributed by atoms with Gasteiger partial charge in [0.15, 0.2) is 0 Å². The van der Waals surface area contributed by atoms with Gasteiger partial charge in [-0.1, -0.05) is 12.8 Å². The molecule has 2 fully saturated rings. The molecule has 1 saturated carbocycles. The van der Waals surface area contributed by atoms with Gasteiger partial charge in [0.2, 0.25) is 5.91 Å². The Hall–Kier alpha value is -1.77. The topological polar surface area (TPSA) is 76.6 Å². The van der Waals surface area contributed by atoms with Crippen LogP contribution in [0.2, 0.25) is 0 Å². The molecule has 1 amide bonds. The normalized spacial score (nSPS) is 26.3. The number of aromatic nitrogens is 2. The van der Waals surface area contributed by atoms with E-state index in [0.717, 1.165) is 54.8 Å². The number of anilines is 1. The molecule has 0 unspecified atom stereocenters. The zero-order chi connectivity index (χ0) is 18.0. The number of morpholine rings is 1. The summed E-state index contributed by atoms with van der Waals surface area (Å²) in [6.45, 7) is 2.24. The van der Waals surface area contributed by atoms with Gasteiger partial charge in [0.25, 0.3) is 0 Å². The summed E-state index contributed by atoms with van der Waals surface area (Å²) in [5.41, 5.74) is -0.368. The van der Waals surface area contributed by atoms with Crippen molar-refractivity contribution in [2.24, 2.45) is 0 Å². The molecule has 2 atom stereocenters. The number of amides is 1. The number of nitrogens with one attached hydrogen (secondary N) is 1. The maximum Gasteiger partial charge on any atom is 0.246 e. The summed E-state index contributed by atoms with van der Waals surface area (Å²) >= 11 is 1.63. The van der Waals surface area contributed by atoms with Gasteiger partial charge in [0.1, 0.15) is 29.2 Å². The number of hydrogen-bond acceptors (Lipinski definition) is 7. The van der Waals surface area contributed by atoms with Crippen LogP contribution in [0.3, 0.4) is 0 Å². The van der Waals surface area contributed by atoms with Crippen molar-refractivity contribution in [1.29, 1.82) is 0 Å². The molecule has 3 heterocycles. The van der Waals surface area contributed by atoms with E-state index in [-0.39, 0.29) is 24.2 Å². The van der Waals surface area contributed by atoms with Crippen molar-refractivity contribution in [3.63, 3.8) is 0 Å². The molecule has 0 bridgehead atoms. The standard InChI is InChI=1S/C18H24N4O3S/c1-24-10-15(23)21-14-4-2-3-6-18(14)11-22(7-8-25-18)16-13-5-9-26-17(13)20-12-19-16/h5,9,12,14H,2-4,6-8,10-11H2,1H3,(H,21,23)/t14-,18+/m1/s1. The monoisotopic (exact) mass is 376 g/mol. The van der Waals surface area contributed by atoms with Crippen molar-refractivity contribution in [2.45, 2.75) is 37.3 Å². The molecule has 0 radical (unpaired) electrons. The molecule has 1 N–H and O–H groups in total. The first-order valence-corrected chi connectivity index (χ1v) is 9.95. The third-order valence-electron chi connectivity index (χ3n) is 5.34. The fourth-order valence-electron chi connectivity index (χ4n) is 4.16. The van der Waals surface area contributed by atoms with Crippen molar-refractivity contribution >= 4 is 33.3 Å². The SMILES string of the molecule is COCC(=O)N[C@@H]1CCCC[C@]12CN(c1ncnc3sccc13)CCO2. The molecular weight excluding hydrogens is 352 g/mol. The van der Waals surface area contributed by atoms with E-state index >= 15 is 0 Å². The second-order valence-electron chi connectivity index (χ2n) is 6.97. The van der Waals surface area contributed by atoms with Crippen LogP contribution < -0.4 is 10.2 Å². The van der Waals surface area contributed by atoms with E-state index in [0.29, 0.717) is 6.61 Å². The van der Waals surface area contributed by atoms with Crippen molar-refractivity contribution in [1.82, 2.24) is 15.3 Å². The van der Waals surface area contributed by atoms with Gasteiger partial charge in [-0.3, -0.25) is 4.79 Å². The van der Waals surface area contributed by atoms with Gasteiger partial charge in [-0.25, -0.2) is 9.97 Å². The molecule has 1 saturated heterocycles. The highest BCUT2D eigenvalue weighted by Crippen LogP contribution is 2.37. The highest BCUT2D eigenvalue weighted by Gasteiger charge is 2.46. The molecule has 1 spiro atoms. The summed E-state index contributed by atoms with van der Waals surface area (Å²) in [6.07, 6.45) is 5.72. The Kier molecular flexibility index (Phi) is 5.06. The molecule has 26 heavy (non-hydrogen) atoms. The van der Waals surface area contributed by atoms with E-state index in [1.165, 1.54) is 7.11 Å². The lowest BCUT2D eigenvalue weighted by Gasteiger charge is -2.50. The maximum absolute atomic E-state index is 12.1. The fraction of sp³-hybridized carbons (Fsp3) is 0.611. The molecule has 1 aliphatic heterocycles. The first-order valence-electron chi connectivity index (χ1n) is 9.07. The quantitative estimate of drug-likeness (QED) is 0.879. The number of ether oxygens (including phenoxy) is 2. The van der Waals surface area contributed by atoms with Gasteiger partial charge < -0.3 is 19.7 Å². The Morgan fingerprint density at radius 3 is 3.31 bits per heavy atom. The molecule has 8 heteroatoms. The average Bonchev–Trinajstić information content (AvgIpc) is 3.13. The minimum Gasteiger partial charge on any atom is -0.375 e. The first kappa shape index (κ1) is 17.6. The Morgan fingerprint density at radius 2 is 2.42 bits per heavy atom. The minimum atomic E-state index is -0.368. The Balaban J connectivity index is 1.59. The van der Waals surface area contributed by atoms with Gasteiger partial charge in [-0.2, -0.15) is 0 Å². The lowest BCUT2D eigenvalue weighted by molar-refractivity contribution is -0.134. The Labute approximate surface area is 156 Å². The summed E-state index contributed by atoms with van der Waals surface area (Å²) in [5.74, 6) is 0.883. The number of methoxy groups -OCH3 is 1. The molecule has 0 aromatic carbocycles. The zero-order valence-electron chi connectivity index (χ0n) is 14.9. The number of fused-ring (bicyclic) bond motifs is 1. The predicted molar refractivity (Wildman–Crippen MR) is 101 cm³/mol. The Bertz CT molecular complexity index is 779. The molecule has 2 aromatic heterocycles. The van der Waals surface area contributed by atoms with Gasteiger partial charge >= 0.3 is 0 Å². The fourth-order valence-corrected chi connectivity index (χ4v) is 4.89. The van der Waals surface area contributed by atoms with Crippen molar-refractivity contribution < 1.29 is 14.3 Å². The maximum atomic E-state index is 12.1. The van der Waals surface area contributed by atoms with Crippen molar-refractivity contribution in [3.8, 4) is 0 Å². The highest BCUT2D eigenvalue weighted by atomic mass is 32.1. The second-order valence-corrected chi connectivity index (χ2v) is 7.86. The van der Waals surface area contributed by atoms with Crippen LogP contribution in [-0.2, 0) is 14.3 Å². The highest BCUT2D eigenvalue weighted by molar-refractivity contribution is 7.16. The zero-order valence-corrected chi connectivity index (χ0v) is 15.8. The summed E-state index contributed by atoms with van der Waals surface area (Å²) in [7, 11) is 1.54. The molecule has 2 aliphatic rings. The van der Waals surface area contributed by atoms with Crippen molar-refractivity contribution in [2.75, 3.05) is 38.3 Å². The number of carbonyl (C=O) groups is 1. The van der Waals surface area contributed by atoms with E-state index in [1.807, 2.05) is 5.38 Å². The third-order valence-corrected chi connectivity index (χ3v) is 6.16. The van der Waals surface area contributed by atoms with Crippen LogP contribution >= 0.6 is 11.3 Å². The average molecular weight is 376 g/mol. The van der Waals surface area contributed by atoms with Gasteiger partial charge in [0, 0.05) is 13.7 Å². The van der Waals surface area contributed by atoms with E-state index in [1.54, 1.807) is 17.7 Å². The summed E-state index contributed by atoms with van der Waals surface area (Å²) < 4.78 is 11.3. The molecule has 7 nitrogen and oxygen atoms in total. The number of hydrogen-bond donors (Lipinski definition) is 1. The lowest BCUT2D eigenvalue weighted by Crippen LogP contribution is -2.64. The van der Waals surface area contributed by atoms with E-state index < -0.39 is 0 Å². The molecule has 2 aromatic rings.